The molecule has 0 aliphatic rings. The van der Waals surface area contributed by atoms with Crippen molar-refractivity contribution in [1.29, 1.82) is 0 Å². The topological polar surface area (TPSA) is 43.4 Å². The molecule has 0 aromatic heterocycles. The van der Waals surface area contributed by atoms with E-state index in [4.69, 9.17) is 4.74 Å². The Morgan fingerprint density at radius 3 is 2.67 bits per heavy atom. The molecular formula is C14H20O3S. The summed E-state index contributed by atoms with van der Waals surface area (Å²) in [5.74, 6) is 0.759. The highest BCUT2D eigenvalue weighted by Crippen LogP contribution is 2.13. The number of hydrogen-bond acceptors (Lipinski definition) is 3. The zero-order valence-corrected chi connectivity index (χ0v) is 11.8. The summed E-state index contributed by atoms with van der Waals surface area (Å²) in [5, 5.41) is 0. The molecule has 1 rings (SSSR count). The summed E-state index contributed by atoms with van der Waals surface area (Å²) in [6.45, 7) is 2.12. The van der Waals surface area contributed by atoms with Crippen LogP contribution in [0, 0.1) is 0 Å². The van der Waals surface area contributed by atoms with Crippen molar-refractivity contribution in [1.82, 2.24) is 0 Å². The first kappa shape index (κ1) is 14.9. The number of unbranched alkanes of at least 4 members (excludes halogenated alkanes) is 2. The van der Waals surface area contributed by atoms with Crippen LogP contribution in [0.4, 0.5) is 0 Å². The molecule has 0 heterocycles. The van der Waals surface area contributed by atoms with Gasteiger partial charge in [-0.15, -0.1) is 0 Å². The molecule has 4 heteroatoms. The molecule has 3 nitrogen and oxygen atoms in total. The highest BCUT2D eigenvalue weighted by Gasteiger charge is 2.12. The monoisotopic (exact) mass is 268 g/mol. The van der Waals surface area contributed by atoms with Gasteiger partial charge in [0.1, 0.15) is 0 Å². The number of benzene rings is 1. The number of ether oxygens (including phenoxy) is 1. The van der Waals surface area contributed by atoms with Gasteiger partial charge in [-0.05, 0) is 18.1 Å². The minimum absolute atomic E-state index is 0.365. The third-order valence-corrected chi connectivity index (χ3v) is 4.09. The average Bonchev–Trinajstić information content (AvgIpc) is 2.39. The van der Waals surface area contributed by atoms with Crippen molar-refractivity contribution in [2.75, 3.05) is 12.9 Å². The quantitative estimate of drug-likeness (QED) is 0.564. The maximum absolute atomic E-state index is 11.9. The summed E-state index contributed by atoms with van der Waals surface area (Å²) in [4.78, 5) is 11.6. The van der Waals surface area contributed by atoms with Gasteiger partial charge in [0.25, 0.3) is 0 Å². The van der Waals surface area contributed by atoms with Crippen LogP contribution in [0.2, 0.25) is 0 Å². The van der Waals surface area contributed by atoms with Crippen molar-refractivity contribution >= 4 is 16.8 Å². The van der Waals surface area contributed by atoms with Crippen molar-refractivity contribution in [3.05, 3.63) is 35.4 Å². The van der Waals surface area contributed by atoms with Gasteiger partial charge in [0, 0.05) is 22.3 Å². The van der Waals surface area contributed by atoms with Gasteiger partial charge >= 0.3 is 5.97 Å². The van der Waals surface area contributed by atoms with Gasteiger partial charge in [0.05, 0.1) is 12.7 Å². The predicted octanol–water partition coefficient (Wildman–Crippen LogP) is 2.91. The predicted molar refractivity (Wildman–Crippen MR) is 74.0 cm³/mol. The lowest BCUT2D eigenvalue weighted by Crippen LogP contribution is -2.09. The number of carbonyl (C=O) groups excluding carboxylic acids is 1. The zero-order chi connectivity index (χ0) is 13.4. The summed E-state index contributed by atoms with van der Waals surface area (Å²) < 4.78 is 16.6. The van der Waals surface area contributed by atoms with E-state index >= 15 is 0 Å². The van der Waals surface area contributed by atoms with E-state index in [0.29, 0.717) is 17.1 Å². The molecule has 0 radical (unpaired) electrons. The van der Waals surface area contributed by atoms with E-state index in [1.165, 1.54) is 7.11 Å². The van der Waals surface area contributed by atoms with Gasteiger partial charge < -0.3 is 4.74 Å². The Morgan fingerprint density at radius 2 is 2.00 bits per heavy atom. The van der Waals surface area contributed by atoms with Crippen LogP contribution in [0.15, 0.2) is 24.3 Å². The van der Waals surface area contributed by atoms with Crippen LogP contribution in [0.25, 0.3) is 0 Å². The Kier molecular flexibility index (Phi) is 6.65. The molecule has 0 amide bonds. The van der Waals surface area contributed by atoms with Gasteiger partial charge in [-0.25, -0.2) is 4.79 Å². The van der Waals surface area contributed by atoms with Crippen LogP contribution >= 0.6 is 0 Å². The molecule has 0 saturated carbocycles. The highest BCUT2D eigenvalue weighted by molar-refractivity contribution is 7.84. The van der Waals surface area contributed by atoms with Crippen molar-refractivity contribution < 1.29 is 13.7 Å². The van der Waals surface area contributed by atoms with Crippen LogP contribution in [0.3, 0.4) is 0 Å². The minimum Gasteiger partial charge on any atom is -0.465 e. The number of carbonyl (C=O) groups is 1. The first-order chi connectivity index (χ1) is 8.69. The van der Waals surface area contributed by atoms with Crippen molar-refractivity contribution in [2.24, 2.45) is 0 Å². The van der Waals surface area contributed by atoms with Gasteiger partial charge in [-0.3, -0.25) is 4.21 Å². The van der Waals surface area contributed by atoms with Crippen LogP contribution in [0.5, 0.6) is 0 Å². The Labute approximate surface area is 111 Å². The van der Waals surface area contributed by atoms with E-state index < -0.39 is 10.8 Å². The molecule has 1 unspecified atom stereocenters. The van der Waals surface area contributed by atoms with Crippen LogP contribution in [-0.2, 0) is 21.3 Å². The van der Waals surface area contributed by atoms with Gasteiger partial charge in [0.15, 0.2) is 0 Å². The third-order valence-electron chi connectivity index (χ3n) is 2.71. The van der Waals surface area contributed by atoms with Gasteiger partial charge in [0.2, 0.25) is 0 Å². The fraction of sp³-hybridized carbons (Fsp3) is 0.500. The molecule has 0 fully saturated rings. The Morgan fingerprint density at radius 1 is 1.28 bits per heavy atom. The number of methoxy groups -OCH3 is 1. The Bertz CT molecular complexity index is 415. The van der Waals surface area contributed by atoms with E-state index in [0.717, 1.165) is 24.8 Å². The van der Waals surface area contributed by atoms with E-state index in [-0.39, 0.29) is 5.97 Å². The largest absolute Gasteiger partial charge is 0.465 e. The second-order valence-corrected chi connectivity index (χ2v) is 5.72. The molecule has 0 aliphatic heterocycles. The fourth-order valence-corrected chi connectivity index (χ4v) is 2.98. The molecular weight excluding hydrogens is 248 g/mol. The normalized spacial score (nSPS) is 12.1. The molecule has 0 saturated heterocycles. The molecule has 1 aromatic carbocycles. The van der Waals surface area contributed by atoms with Gasteiger partial charge in [-0.1, -0.05) is 38.0 Å². The van der Waals surface area contributed by atoms with Gasteiger partial charge in [-0.2, -0.15) is 0 Å². The molecule has 1 atom stereocenters. The summed E-state index contributed by atoms with van der Waals surface area (Å²) >= 11 is 0. The smallest absolute Gasteiger partial charge is 0.338 e. The lowest BCUT2D eigenvalue weighted by molar-refractivity contribution is 0.0600. The Balaban J connectivity index is 2.66. The molecule has 0 spiro atoms. The second-order valence-electron chi connectivity index (χ2n) is 4.14. The highest BCUT2D eigenvalue weighted by atomic mass is 32.2. The number of hydrogen-bond donors (Lipinski definition) is 0. The van der Waals surface area contributed by atoms with E-state index in [1.54, 1.807) is 12.1 Å². The summed E-state index contributed by atoms with van der Waals surface area (Å²) in [6.07, 6.45) is 3.20. The molecule has 1 aromatic rings. The van der Waals surface area contributed by atoms with Crippen molar-refractivity contribution in [3.8, 4) is 0 Å². The van der Waals surface area contributed by atoms with E-state index in [9.17, 15) is 9.00 Å². The molecule has 18 heavy (non-hydrogen) atoms. The van der Waals surface area contributed by atoms with Crippen molar-refractivity contribution in [2.45, 2.75) is 31.9 Å². The summed E-state index contributed by atoms with van der Waals surface area (Å²) in [7, 11) is 0.449. The molecule has 0 N–H and O–H groups in total. The zero-order valence-electron chi connectivity index (χ0n) is 11.0. The number of rotatable bonds is 7. The fourth-order valence-electron chi connectivity index (χ4n) is 1.71. The first-order valence-electron chi connectivity index (χ1n) is 6.20. The van der Waals surface area contributed by atoms with Crippen LogP contribution in [0.1, 0.15) is 42.1 Å². The third kappa shape index (κ3) is 4.61. The lowest BCUT2D eigenvalue weighted by atomic mass is 10.1. The number of esters is 1. The molecule has 0 bridgehead atoms. The van der Waals surface area contributed by atoms with Crippen LogP contribution < -0.4 is 0 Å². The molecule has 100 valence electrons. The lowest BCUT2D eigenvalue weighted by Gasteiger charge is -2.07. The minimum atomic E-state index is -0.909. The molecule has 0 aliphatic carbocycles. The first-order valence-corrected chi connectivity index (χ1v) is 7.69. The second kappa shape index (κ2) is 8.03. The summed E-state index contributed by atoms with van der Waals surface area (Å²) in [6, 6.07) is 7.19. The van der Waals surface area contributed by atoms with E-state index in [1.807, 2.05) is 12.1 Å². The maximum Gasteiger partial charge on any atom is 0.338 e. The van der Waals surface area contributed by atoms with Crippen LogP contribution in [-0.4, -0.2) is 23.0 Å². The maximum atomic E-state index is 11.9. The Hall–Kier alpha value is -1.16. The SMILES string of the molecule is CCCCCS(=O)Cc1ccccc1C(=O)OC. The van der Waals surface area contributed by atoms with Crippen molar-refractivity contribution in [3.63, 3.8) is 0 Å². The van der Waals surface area contributed by atoms with E-state index in [2.05, 4.69) is 6.92 Å². The summed E-state index contributed by atoms with van der Waals surface area (Å²) in [5.41, 5.74) is 1.32. The average molecular weight is 268 g/mol. The standard InChI is InChI=1S/C14H20O3S/c1-3-4-7-10-18(16)11-12-8-5-6-9-13(12)14(15)17-2/h5-6,8-9H,3-4,7,10-11H2,1-2H3.